The maximum atomic E-state index is 11.5. The van der Waals surface area contributed by atoms with Crippen molar-refractivity contribution in [2.24, 2.45) is 10.9 Å². The van der Waals surface area contributed by atoms with Crippen LogP contribution in [0, 0.1) is 5.92 Å². The van der Waals surface area contributed by atoms with Crippen molar-refractivity contribution in [1.29, 1.82) is 0 Å². The molecule has 0 atom stereocenters. The summed E-state index contributed by atoms with van der Waals surface area (Å²) in [6, 6.07) is 5.90. The molecule has 1 aliphatic heterocycles. The van der Waals surface area contributed by atoms with Gasteiger partial charge in [0.15, 0.2) is 5.96 Å². The minimum absolute atomic E-state index is 0. The Morgan fingerprint density at radius 3 is 2.60 bits per heavy atom. The average molecular weight is 481 g/mol. The van der Waals surface area contributed by atoms with E-state index >= 15 is 0 Å². The molecule has 1 aromatic heterocycles. The van der Waals surface area contributed by atoms with Gasteiger partial charge >= 0.3 is 0 Å². The predicted molar refractivity (Wildman–Crippen MR) is 112 cm³/mol. The predicted octanol–water partition coefficient (Wildman–Crippen LogP) is 1.08. The Labute approximate surface area is 167 Å². The maximum Gasteiger partial charge on any atom is 0.211 e. The minimum atomic E-state index is -3.05. The molecule has 0 aromatic carbocycles. The molecule has 0 saturated carbocycles. The highest BCUT2D eigenvalue weighted by molar-refractivity contribution is 14.0. The quantitative estimate of drug-likeness (QED) is 0.361. The first-order valence-corrected chi connectivity index (χ1v) is 10.1. The molecule has 1 saturated heterocycles. The summed E-state index contributed by atoms with van der Waals surface area (Å²) in [7, 11) is -1.30. The molecule has 2 N–H and O–H groups in total. The standard InChI is InChI=1S/C16H27N5O2S.HI/c1-17-16(19-10-6-15-5-3-4-9-18-15)20-13-14-7-11-21(12-8-14)24(2,22)23;/h3-5,9,14H,6-8,10-13H2,1-2H3,(H2,17,19,20);1H. The number of aliphatic imine (C=N–C) groups is 1. The lowest BCUT2D eigenvalue weighted by Gasteiger charge is -2.30. The van der Waals surface area contributed by atoms with Crippen LogP contribution in [0.4, 0.5) is 0 Å². The second-order valence-corrected chi connectivity index (χ2v) is 8.04. The lowest BCUT2D eigenvalue weighted by atomic mass is 9.98. The summed E-state index contributed by atoms with van der Waals surface area (Å²) in [6.07, 6.45) is 5.68. The van der Waals surface area contributed by atoms with Gasteiger partial charge in [-0.15, -0.1) is 24.0 Å². The number of guanidine groups is 1. The smallest absolute Gasteiger partial charge is 0.211 e. The van der Waals surface area contributed by atoms with Crippen LogP contribution in [0.2, 0.25) is 0 Å². The van der Waals surface area contributed by atoms with Crippen molar-refractivity contribution >= 4 is 40.0 Å². The third kappa shape index (κ3) is 7.87. The lowest BCUT2D eigenvalue weighted by molar-refractivity contribution is 0.275. The van der Waals surface area contributed by atoms with E-state index in [9.17, 15) is 8.42 Å². The number of pyridine rings is 1. The van der Waals surface area contributed by atoms with E-state index < -0.39 is 10.0 Å². The molecule has 0 spiro atoms. The Morgan fingerprint density at radius 2 is 2.04 bits per heavy atom. The summed E-state index contributed by atoms with van der Waals surface area (Å²) < 4.78 is 24.6. The van der Waals surface area contributed by atoms with E-state index in [2.05, 4.69) is 20.6 Å². The Morgan fingerprint density at radius 1 is 1.32 bits per heavy atom. The molecule has 0 unspecified atom stereocenters. The van der Waals surface area contributed by atoms with Crippen LogP contribution in [-0.2, 0) is 16.4 Å². The highest BCUT2D eigenvalue weighted by atomic mass is 127. The summed E-state index contributed by atoms with van der Waals surface area (Å²) in [4.78, 5) is 8.52. The van der Waals surface area contributed by atoms with Crippen molar-refractivity contribution in [3.63, 3.8) is 0 Å². The molecule has 1 aromatic rings. The van der Waals surface area contributed by atoms with Gasteiger partial charge in [-0.3, -0.25) is 9.98 Å². The zero-order valence-corrected chi connectivity index (χ0v) is 18.0. The van der Waals surface area contributed by atoms with Crippen molar-refractivity contribution in [3.05, 3.63) is 30.1 Å². The molecule has 1 aliphatic rings. The van der Waals surface area contributed by atoms with Crippen molar-refractivity contribution in [2.75, 3.05) is 39.5 Å². The summed E-state index contributed by atoms with van der Waals surface area (Å²) >= 11 is 0. The number of hydrogen-bond donors (Lipinski definition) is 2. The Bertz CT molecular complexity index is 631. The fraction of sp³-hybridized carbons (Fsp3) is 0.625. The molecule has 0 aliphatic carbocycles. The van der Waals surface area contributed by atoms with E-state index in [1.54, 1.807) is 17.5 Å². The molecule has 0 bridgehead atoms. The van der Waals surface area contributed by atoms with Crippen LogP contribution in [-0.4, -0.2) is 63.1 Å². The number of aromatic nitrogens is 1. The number of hydrogen-bond acceptors (Lipinski definition) is 4. The monoisotopic (exact) mass is 481 g/mol. The van der Waals surface area contributed by atoms with Crippen LogP contribution >= 0.6 is 24.0 Å². The van der Waals surface area contributed by atoms with Crippen LogP contribution in [0.5, 0.6) is 0 Å². The van der Waals surface area contributed by atoms with Crippen molar-refractivity contribution in [2.45, 2.75) is 19.3 Å². The first-order valence-electron chi connectivity index (χ1n) is 8.28. The van der Waals surface area contributed by atoms with Gasteiger partial charge in [0.1, 0.15) is 0 Å². The largest absolute Gasteiger partial charge is 0.356 e. The Hall–Kier alpha value is -0.940. The Kier molecular flexibility index (Phi) is 9.65. The van der Waals surface area contributed by atoms with Crippen LogP contribution in [0.25, 0.3) is 0 Å². The van der Waals surface area contributed by atoms with Gasteiger partial charge in [-0.25, -0.2) is 12.7 Å². The van der Waals surface area contributed by atoms with Crippen LogP contribution < -0.4 is 10.6 Å². The zero-order chi connectivity index (χ0) is 17.4. The van der Waals surface area contributed by atoms with E-state index in [1.165, 1.54) is 6.26 Å². The summed E-state index contributed by atoms with van der Waals surface area (Å²) in [5.41, 5.74) is 1.05. The number of sulfonamides is 1. The number of nitrogens with one attached hydrogen (secondary N) is 2. The molecule has 142 valence electrons. The number of rotatable bonds is 6. The minimum Gasteiger partial charge on any atom is -0.356 e. The molecule has 0 radical (unpaired) electrons. The summed E-state index contributed by atoms with van der Waals surface area (Å²) in [5, 5.41) is 6.61. The fourth-order valence-electron chi connectivity index (χ4n) is 2.76. The highest BCUT2D eigenvalue weighted by Gasteiger charge is 2.24. The lowest BCUT2D eigenvalue weighted by Crippen LogP contribution is -2.44. The van der Waals surface area contributed by atoms with Crippen molar-refractivity contribution in [1.82, 2.24) is 19.9 Å². The van der Waals surface area contributed by atoms with Gasteiger partial charge in [0, 0.05) is 51.5 Å². The van der Waals surface area contributed by atoms with Crippen LogP contribution in [0.15, 0.2) is 29.4 Å². The first-order chi connectivity index (χ1) is 11.5. The van der Waals surface area contributed by atoms with E-state index in [1.807, 2.05) is 18.2 Å². The average Bonchev–Trinajstić information content (AvgIpc) is 2.58. The molecule has 25 heavy (non-hydrogen) atoms. The van der Waals surface area contributed by atoms with Crippen LogP contribution in [0.1, 0.15) is 18.5 Å². The van der Waals surface area contributed by atoms with Gasteiger partial charge in [0.25, 0.3) is 0 Å². The maximum absolute atomic E-state index is 11.5. The fourth-order valence-corrected chi connectivity index (χ4v) is 3.64. The molecule has 9 heteroatoms. The SMILES string of the molecule is CN=C(NCCc1ccccn1)NCC1CCN(S(C)(=O)=O)CC1.I. The number of piperidine rings is 1. The normalized spacial score (nSPS) is 17.0. The molecule has 2 heterocycles. The van der Waals surface area contributed by atoms with Gasteiger partial charge in [0.2, 0.25) is 10.0 Å². The van der Waals surface area contributed by atoms with Gasteiger partial charge in [-0.05, 0) is 30.9 Å². The molecular weight excluding hydrogens is 453 g/mol. The van der Waals surface area contributed by atoms with E-state index in [-0.39, 0.29) is 24.0 Å². The van der Waals surface area contributed by atoms with Crippen molar-refractivity contribution < 1.29 is 8.42 Å². The van der Waals surface area contributed by atoms with Gasteiger partial charge < -0.3 is 10.6 Å². The van der Waals surface area contributed by atoms with Gasteiger partial charge in [-0.1, -0.05) is 6.07 Å². The second kappa shape index (κ2) is 10.9. The second-order valence-electron chi connectivity index (χ2n) is 6.06. The molecule has 1 fully saturated rings. The van der Waals surface area contributed by atoms with Crippen LogP contribution in [0.3, 0.4) is 0 Å². The topological polar surface area (TPSA) is 86.7 Å². The number of nitrogens with zero attached hydrogens (tertiary/aromatic N) is 3. The zero-order valence-electron chi connectivity index (χ0n) is 14.8. The Balaban J connectivity index is 0.00000312. The van der Waals surface area contributed by atoms with E-state index in [0.29, 0.717) is 19.0 Å². The number of halogens is 1. The van der Waals surface area contributed by atoms with Gasteiger partial charge in [-0.2, -0.15) is 0 Å². The summed E-state index contributed by atoms with van der Waals surface area (Å²) in [5.74, 6) is 1.24. The molecule has 2 rings (SSSR count). The first kappa shape index (κ1) is 22.1. The molecule has 7 nitrogen and oxygen atoms in total. The van der Waals surface area contributed by atoms with Crippen molar-refractivity contribution in [3.8, 4) is 0 Å². The van der Waals surface area contributed by atoms with E-state index in [0.717, 1.165) is 44.0 Å². The van der Waals surface area contributed by atoms with Gasteiger partial charge in [0.05, 0.1) is 6.26 Å². The third-order valence-electron chi connectivity index (χ3n) is 4.22. The van der Waals surface area contributed by atoms with E-state index in [4.69, 9.17) is 0 Å². The highest BCUT2D eigenvalue weighted by Crippen LogP contribution is 2.18. The molecular formula is C16H28IN5O2S. The molecule has 0 amide bonds. The summed E-state index contributed by atoms with van der Waals surface area (Å²) in [6.45, 7) is 2.79. The third-order valence-corrected chi connectivity index (χ3v) is 5.53.